The number of aromatic nitrogens is 3. The molecule has 0 saturated heterocycles. The first-order valence-electron chi connectivity index (χ1n) is 21.0. The standard InChI is InChI=1S/C49H34N8O10/c58-30-12-17-37-40(24-30)66-41-25-31(59)13-18-38(41)49(37)36-16-9-27(23-35(36)46(62)67-49)45(61)50-20-19-42(60)55-26-28-5-1-2-6-33(28)44-43(34-7-3-4-8-39(34)55)51-54-56(44)21-22-65-32-14-10-29(11-15-32)57-47(63)52-53-48(57)64/h1-18,23-25,58-59H,19-22,26H2,(H,50,61). The second kappa shape index (κ2) is 15.8. The molecular formula is C49H34N8O10. The normalized spacial score (nSPS) is 14.7. The molecule has 6 aromatic carbocycles. The Morgan fingerprint density at radius 2 is 1.42 bits per heavy atom. The summed E-state index contributed by atoms with van der Waals surface area (Å²) in [5, 5.41) is 39.0. The quantitative estimate of drug-likeness (QED) is 0.118. The molecule has 0 unspecified atom stereocenters. The van der Waals surface area contributed by atoms with Crippen molar-refractivity contribution >= 4 is 41.2 Å². The SMILES string of the molecule is O=C(NCCC(=O)N1Cc2ccccc2-c2c(nnn2CCOc2ccc(N3C(=O)N=NC3=O)cc2)-c2ccccc21)c1ccc2c(c1)C(=O)OC21c2ccc(O)cc2Oc2cc(O)ccc21. The fourth-order valence-electron chi connectivity index (χ4n) is 8.98. The maximum atomic E-state index is 14.3. The molecular weight excluding hydrogens is 861 g/mol. The molecule has 0 atom stereocenters. The summed E-state index contributed by atoms with van der Waals surface area (Å²) >= 11 is 0. The van der Waals surface area contributed by atoms with Crippen molar-refractivity contribution < 1.29 is 48.4 Å². The van der Waals surface area contributed by atoms with Gasteiger partial charge in [-0.05, 0) is 72.3 Å². The number of esters is 1. The number of amides is 6. The Morgan fingerprint density at radius 1 is 0.746 bits per heavy atom. The Labute approximate surface area is 379 Å². The Bertz CT molecular complexity index is 3220. The zero-order valence-electron chi connectivity index (χ0n) is 35.0. The van der Waals surface area contributed by atoms with Crippen molar-refractivity contribution in [3.05, 3.63) is 161 Å². The highest BCUT2D eigenvalue weighted by atomic mass is 16.6. The van der Waals surface area contributed by atoms with Crippen molar-refractivity contribution in [1.82, 2.24) is 20.3 Å². The van der Waals surface area contributed by atoms with E-state index in [1.54, 1.807) is 58.1 Å². The number of rotatable bonds is 9. The predicted molar refractivity (Wildman–Crippen MR) is 237 cm³/mol. The fraction of sp³-hybridized carbons (Fsp3) is 0.122. The number of phenols is 2. The van der Waals surface area contributed by atoms with Crippen molar-refractivity contribution in [2.45, 2.75) is 25.1 Å². The Hall–Kier alpha value is -9.19. The highest BCUT2D eigenvalue weighted by Crippen LogP contribution is 2.57. The molecule has 0 aliphatic carbocycles. The molecule has 5 heterocycles. The van der Waals surface area contributed by atoms with Gasteiger partial charge in [0.25, 0.3) is 5.91 Å². The highest BCUT2D eigenvalue weighted by molar-refractivity contribution is 6.17. The number of benzene rings is 6. The summed E-state index contributed by atoms with van der Waals surface area (Å²) in [6, 6.07) is 33.6. The molecule has 0 bridgehead atoms. The molecule has 18 nitrogen and oxygen atoms in total. The predicted octanol–water partition coefficient (Wildman–Crippen LogP) is 7.85. The average Bonchev–Trinajstić information content (AvgIpc) is 3.99. The highest BCUT2D eigenvalue weighted by Gasteiger charge is 2.54. The van der Waals surface area contributed by atoms with Gasteiger partial charge in [0.1, 0.15) is 41.0 Å². The van der Waals surface area contributed by atoms with Gasteiger partial charge in [-0.15, -0.1) is 5.10 Å². The van der Waals surface area contributed by atoms with Crippen LogP contribution in [-0.4, -0.2) is 68.2 Å². The van der Waals surface area contributed by atoms with E-state index in [1.165, 1.54) is 30.3 Å². The zero-order valence-corrected chi connectivity index (χ0v) is 35.0. The summed E-state index contributed by atoms with van der Waals surface area (Å²) in [5.41, 5.74) is 4.80. The number of aromatic hydroxyl groups is 2. The molecule has 11 rings (SSSR count). The van der Waals surface area contributed by atoms with E-state index in [-0.39, 0.29) is 66.1 Å². The number of anilines is 2. The number of ether oxygens (including phenoxy) is 3. The van der Waals surface area contributed by atoms with E-state index in [4.69, 9.17) is 14.2 Å². The number of carbonyl (C=O) groups excluding carboxylic acids is 5. The molecule has 4 aliphatic heterocycles. The van der Waals surface area contributed by atoms with Crippen LogP contribution in [0.3, 0.4) is 0 Å². The van der Waals surface area contributed by atoms with Gasteiger partial charge in [0.05, 0.1) is 35.7 Å². The van der Waals surface area contributed by atoms with E-state index in [2.05, 4.69) is 25.9 Å². The van der Waals surface area contributed by atoms with Crippen LogP contribution in [-0.2, 0) is 28.2 Å². The molecule has 1 aromatic heterocycles. The van der Waals surface area contributed by atoms with E-state index in [0.717, 1.165) is 21.7 Å². The Morgan fingerprint density at radius 3 is 2.15 bits per heavy atom. The number of hydrogen-bond acceptors (Lipinski definition) is 12. The number of carbonyl (C=O) groups is 5. The first-order valence-corrected chi connectivity index (χ1v) is 21.0. The van der Waals surface area contributed by atoms with Crippen molar-refractivity contribution in [1.29, 1.82) is 0 Å². The van der Waals surface area contributed by atoms with Gasteiger partial charge in [-0.25, -0.2) is 24.0 Å². The van der Waals surface area contributed by atoms with Crippen LogP contribution in [0.5, 0.6) is 28.7 Å². The third-order valence-electron chi connectivity index (χ3n) is 12.0. The monoisotopic (exact) mass is 894 g/mol. The maximum Gasteiger partial charge on any atom is 0.375 e. The van der Waals surface area contributed by atoms with Crippen LogP contribution in [0.1, 0.15) is 49.4 Å². The molecule has 1 spiro atoms. The van der Waals surface area contributed by atoms with Crippen LogP contribution in [0.15, 0.2) is 138 Å². The largest absolute Gasteiger partial charge is 0.508 e. The minimum atomic E-state index is -1.48. The van der Waals surface area contributed by atoms with Gasteiger partial charge in [-0.1, -0.05) is 64.0 Å². The van der Waals surface area contributed by atoms with Gasteiger partial charge in [0.15, 0.2) is 5.60 Å². The number of para-hydroxylation sites is 1. The van der Waals surface area contributed by atoms with E-state index >= 15 is 0 Å². The van der Waals surface area contributed by atoms with Crippen molar-refractivity contribution in [2.75, 3.05) is 23.0 Å². The minimum Gasteiger partial charge on any atom is -0.508 e. The summed E-state index contributed by atoms with van der Waals surface area (Å²) in [6.07, 6.45) is -0.0568. The lowest BCUT2D eigenvalue weighted by Crippen LogP contribution is -2.35. The number of nitrogens with one attached hydrogen (secondary N) is 1. The van der Waals surface area contributed by atoms with Crippen LogP contribution in [0.2, 0.25) is 0 Å². The fourth-order valence-corrected chi connectivity index (χ4v) is 8.98. The smallest absolute Gasteiger partial charge is 0.375 e. The van der Waals surface area contributed by atoms with E-state index in [0.29, 0.717) is 51.6 Å². The molecule has 3 N–H and O–H groups in total. The van der Waals surface area contributed by atoms with Crippen LogP contribution in [0.4, 0.5) is 21.0 Å². The van der Waals surface area contributed by atoms with Crippen LogP contribution in [0, 0.1) is 0 Å². The molecule has 67 heavy (non-hydrogen) atoms. The summed E-state index contributed by atoms with van der Waals surface area (Å²) in [6.45, 7) is 0.707. The third kappa shape index (κ3) is 6.77. The van der Waals surface area contributed by atoms with Crippen molar-refractivity contribution in [2.24, 2.45) is 10.2 Å². The first-order chi connectivity index (χ1) is 32.6. The van der Waals surface area contributed by atoms with E-state index in [1.807, 2.05) is 48.5 Å². The number of nitrogens with zero attached hydrogens (tertiary/aromatic N) is 7. The number of phenolic OH excluding ortho intramolecular Hbond substituents is 2. The molecule has 6 amide bonds. The van der Waals surface area contributed by atoms with Crippen LogP contribution in [0.25, 0.3) is 22.5 Å². The molecule has 18 heteroatoms. The zero-order chi connectivity index (χ0) is 46.0. The number of azo groups is 1. The third-order valence-corrected chi connectivity index (χ3v) is 12.0. The molecule has 0 fully saturated rings. The molecule has 0 saturated carbocycles. The van der Waals surface area contributed by atoms with E-state index < -0.39 is 29.5 Å². The Kier molecular flexibility index (Phi) is 9.57. The molecule has 4 aliphatic rings. The summed E-state index contributed by atoms with van der Waals surface area (Å²) in [4.78, 5) is 68.0. The van der Waals surface area contributed by atoms with Gasteiger partial charge in [-0.3, -0.25) is 9.59 Å². The summed E-state index contributed by atoms with van der Waals surface area (Å²) in [7, 11) is 0. The van der Waals surface area contributed by atoms with Crippen LogP contribution < -0.4 is 24.6 Å². The lowest BCUT2D eigenvalue weighted by Gasteiger charge is -2.36. The number of imide groups is 1. The number of fused-ring (bicyclic) bond motifs is 11. The minimum absolute atomic E-state index is 0.0151. The van der Waals surface area contributed by atoms with Crippen LogP contribution >= 0.6 is 0 Å². The molecule has 7 aromatic rings. The van der Waals surface area contributed by atoms with Gasteiger partial charge in [0.2, 0.25) is 5.91 Å². The number of hydrogen-bond donors (Lipinski definition) is 3. The van der Waals surface area contributed by atoms with Crippen molar-refractivity contribution in [3.8, 4) is 51.3 Å². The van der Waals surface area contributed by atoms with Gasteiger partial charge >= 0.3 is 18.0 Å². The van der Waals surface area contributed by atoms with Gasteiger partial charge in [0, 0.05) is 58.5 Å². The van der Waals surface area contributed by atoms with E-state index in [9.17, 15) is 34.2 Å². The summed E-state index contributed by atoms with van der Waals surface area (Å²) in [5.74, 6) is -0.603. The lowest BCUT2D eigenvalue weighted by atomic mass is 9.77. The molecule has 330 valence electrons. The first kappa shape index (κ1) is 40.6. The average molecular weight is 895 g/mol. The van der Waals surface area contributed by atoms with Gasteiger partial charge in [-0.2, -0.15) is 0 Å². The lowest BCUT2D eigenvalue weighted by molar-refractivity contribution is -0.118. The molecule has 0 radical (unpaired) electrons. The number of urea groups is 2. The van der Waals surface area contributed by atoms with Crippen molar-refractivity contribution in [3.63, 3.8) is 0 Å². The maximum absolute atomic E-state index is 14.3. The second-order valence-corrected chi connectivity index (χ2v) is 15.9. The summed E-state index contributed by atoms with van der Waals surface area (Å²) < 4.78 is 20.0. The Balaban J connectivity index is 0.803. The second-order valence-electron chi connectivity index (χ2n) is 15.9. The van der Waals surface area contributed by atoms with Gasteiger partial charge < -0.3 is 34.6 Å². The topological polar surface area (TPSA) is 227 Å².